The van der Waals surface area contributed by atoms with Gasteiger partial charge < -0.3 is 9.47 Å². The van der Waals surface area contributed by atoms with Crippen LogP contribution < -0.4 is 4.74 Å². The first kappa shape index (κ1) is 11.7. The van der Waals surface area contributed by atoms with E-state index in [0.29, 0.717) is 6.61 Å². The zero-order valence-electron chi connectivity index (χ0n) is 10.1. The Kier molecular flexibility index (Phi) is 3.78. The Morgan fingerprint density at radius 2 is 1.76 bits per heavy atom. The van der Waals surface area contributed by atoms with Crippen molar-refractivity contribution in [2.75, 3.05) is 14.2 Å². The monoisotopic (exact) mass is 228 g/mol. The summed E-state index contributed by atoms with van der Waals surface area (Å²) in [6.45, 7) is 0.628. The Balaban J connectivity index is 2.41. The third kappa shape index (κ3) is 2.66. The maximum atomic E-state index is 5.37. The van der Waals surface area contributed by atoms with Gasteiger partial charge in [-0.2, -0.15) is 0 Å². The molecule has 0 amide bonds. The lowest BCUT2D eigenvalue weighted by molar-refractivity contribution is 0.185. The van der Waals surface area contributed by atoms with Crippen molar-refractivity contribution < 1.29 is 9.47 Å². The van der Waals surface area contributed by atoms with Crippen LogP contribution in [-0.4, -0.2) is 14.2 Å². The summed E-state index contributed by atoms with van der Waals surface area (Å²) in [5.74, 6) is 0.891. The van der Waals surface area contributed by atoms with Gasteiger partial charge in [0.25, 0.3) is 0 Å². The second kappa shape index (κ2) is 5.51. The smallest absolute Gasteiger partial charge is 0.126 e. The molecule has 0 heterocycles. The van der Waals surface area contributed by atoms with Gasteiger partial charge >= 0.3 is 0 Å². The highest BCUT2D eigenvalue weighted by molar-refractivity contribution is 5.70. The fourth-order valence-corrected chi connectivity index (χ4v) is 1.88. The molecule has 0 unspecified atom stereocenters. The zero-order valence-corrected chi connectivity index (χ0v) is 10.1. The number of rotatable bonds is 4. The molecule has 2 nitrogen and oxygen atoms in total. The number of ether oxygens (including phenoxy) is 2. The summed E-state index contributed by atoms with van der Waals surface area (Å²) in [6, 6.07) is 16.3. The predicted molar refractivity (Wildman–Crippen MR) is 69.1 cm³/mol. The number of methoxy groups -OCH3 is 2. The van der Waals surface area contributed by atoms with E-state index in [2.05, 4.69) is 24.3 Å². The second-order valence-electron chi connectivity index (χ2n) is 3.83. The topological polar surface area (TPSA) is 18.5 Å². The van der Waals surface area contributed by atoms with Gasteiger partial charge in [0, 0.05) is 12.7 Å². The molecule has 2 rings (SSSR count). The van der Waals surface area contributed by atoms with Crippen molar-refractivity contribution >= 4 is 0 Å². The number of para-hydroxylation sites is 1. The van der Waals surface area contributed by atoms with Crippen molar-refractivity contribution in [2.24, 2.45) is 0 Å². The summed E-state index contributed by atoms with van der Waals surface area (Å²) in [7, 11) is 3.40. The van der Waals surface area contributed by atoms with Gasteiger partial charge in [-0.15, -0.1) is 0 Å². The summed E-state index contributed by atoms with van der Waals surface area (Å²) in [5.41, 5.74) is 3.42. The minimum atomic E-state index is 0.628. The van der Waals surface area contributed by atoms with Crippen molar-refractivity contribution in [1.82, 2.24) is 0 Å². The molecule has 0 atom stereocenters. The molecule has 2 aromatic rings. The van der Waals surface area contributed by atoms with Crippen LogP contribution in [0.5, 0.6) is 5.75 Å². The number of hydrogen-bond acceptors (Lipinski definition) is 2. The zero-order chi connectivity index (χ0) is 12.1. The van der Waals surface area contributed by atoms with E-state index in [1.165, 1.54) is 0 Å². The van der Waals surface area contributed by atoms with E-state index >= 15 is 0 Å². The Labute approximate surface area is 102 Å². The number of benzene rings is 2. The molecule has 0 fully saturated rings. The van der Waals surface area contributed by atoms with E-state index in [-0.39, 0.29) is 0 Å². The van der Waals surface area contributed by atoms with E-state index < -0.39 is 0 Å². The average molecular weight is 228 g/mol. The fraction of sp³-hybridized carbons (Fsp3) is 0.200. The molecule has 17 heavy (non-hydrogen) atoms. The maximum Gasteiger partial charge on any atom is 0.126 e. The van der Waals surface area contributed by atoms with Gasteiger partial charge in [-0.1, -0.05) is 36.4 Å². The SMILES string of the molecule is COCc1cccc(-c2ccccc2OC)c1. The Morgan fingerprint density at radius 1 is 0.941 bits per heavy atom. The first-order chi connectivity index (χ1) is 8.35. The molecule has 0 aliphatic rings. The van der Waals surface area contributed by atoms with E-state index in [4.69, 9.17) is 9.47 Å². The summed E-state index contributed by atoms with van der Waals surface area (Å²) in [4.78, 5) is 0. The first-order valence-corrected chi connectivity index (χ1v) is 5.56. The summed E-state index contributed by atoms with van der Waals surface area (Å²) >= 11 is 0. The average Bonchev–Trinajstić information content (AvgIpc) is 2.39. The Bertz CT molecular complexity index is 492. The fourth-order valence-electron chi connectivity index (χ4n) is 1.88. The van der Waals surface area contributed by atoms with Crippen LogP contribution in [0, 0.1) is 0 Å². The standard InChI is InChI=1S/C15H16O2/c1-16-11-12-6-5-7-13(10-12)14-8-3-4-9-15(14)17-2/h3-10H,11H2,1-2H3. The van der Waals surface area contributed by atoms with Gasteiger partial charge in [0.1, 0.15) is 5.75 Å². The molecule has 0 N–H and O–H groups in total. The van der Waals surface area contributed by atoms with Gasteiger partial charge in [-0.05, 0) is 23.3 Å². The van der Waals surface area contributed by atoms with Gasteiger partial charge in [-0.25, -0.2) is 0 Å². The Morgan fingerprint density at radius 3 is 2.53 bits per heavy atom. The third-order valence-electron chi connectivity index (χ3n) is 2.66. The van der Waals surface area contributed by atoms with Crippen molar-refractivity contribution in [3.8, 4) is 16.9 Å². The Hall–Kier alpha value is -1.80. The predicted octanol–water partition coefficient (Wildman–Crippen LogP) is 3.51. The van der Waals surface area contributed by atoms with Crippen LogP contribution in [0.1, 0.15) is 5.56 Å². The van der Waals surface area contributed by atoms with E-state index in [1.807, 2.05) is 24.3 Å². The third-order valence-corrected chi connectivity index (χ3v) is 2.66. The lowest BCUT2D eigenvalue weighted by atomic mass is 10.0. The highest BCUT2D eigenvalue weighted by Gasteiger charge is 2.04. The van der Waals surface area contributed by atoms with Crippen LogP contribution in [0.2, 0.25) is 0 Å². The minimum Gasteiger partial charge on any atom is -0.496 e. The van der Waals surface area contributed by atoms with Crippen LogP contribution in [-0.2, 0) is 11.3 Å². The van der Waals surface area contributed by atoms with Crippen molar-refractivity contribution in [1.29, 1.82) is 0 Å². The summed E-state index contributed by atoms with van der Waals surface area (Å²) in [5, 5.41) is 0. The summed E-state index contributed by atoms with van der Waals surface area (Å²) < 4.78 is 10.5. The molecule has 0 bridgehead atoms. The molecule has 0 spiro atoms. The van der Waals surface area contributed by atoms with Crippen LogP contribution in [0.3, 0.4) is 0 Å². The van der Waals surface area contributed by atoms with E-state index in [1.54, 1.807) is 14.2 Å². The van der Waals surface area contributed by atoms with Gasteiger partial charge in [0.15, 0.2) is 0 Å². The first-order valence-electron chi connectivity index (χ1n) is 5.56. The molecule has 88 valence electrons. The summed E-state index contributed by atoms with van der Waals surface area (Å²) in [6.07, 6.45) is 0. The van der Waals surface area contributed by atoms with Crippen LogP contribution in [0.15, 0.2) is 48.5 Å². The molecule has 0 radical (unpaired) electrons. The van der Waals surface area contributed by atoms with Gasteiger partial charge in [-0.3, -0.25) is 0 Å². The van der Waals surface area contributed by atoms with Crippen molar-refractivity contribution in [3.63, 3.8) is 0 Å². The molecule has 0 aliphatic carbocycles. The minimum absolute atomic E-state index is 0.628. The lowest BCUT2D eigenvalue weighted by Crippen LogP contribution is -1.90. The van der Waals surface area contributed by atoms with E-state index in [9.17, 15) is 0 Å². The normalized spacial score (nSPS) is 10.2. The molecular formula is C15H16O2. The molecule has 2 heteroatoms. The molecule has 2 aromatic carbocycles. The van der Waals surface area contributed by atoms with E-state index in [0.717, 1.165) is 22.4 Å². The lowest BCUT2D eigenvalue weighted by Gasteiger charge is -2.09. The molecular weight excluding hydrogens is 212 g/mol. The molecule has 0 aliphatic heterocycles. The molecule has 0 aromatic heterocycles. The number of hydrogen-bond donors (Lipinski definition) is 0. The molecule has 0 saturated heterocycles. The van der Waals surface area contributed by atoms with Crippen LogP contribution >= 0.6 is 0 Å². The highest BCUT2D eigenvalue weighted by Crippen LogP contribution is 2.29. The van der Waals surface area contributed by atoms with Gasteiger partial charge in [0.2, 0.25) is 0 Å². The highest BCUT2D eigenvalue weighted by atomic mass is 16.5. The van der Waals surface area contributed by atoms with Gasteiger partial charge in [0.05, 0.1) is 13.7 Å². The van der Waals surface area contributed by atoms with Crippen molar-refractivity contribution in [3.05, 3.63) is 54.1 Å². The maximum absolute atomic E-state index is 5.37. The quantitative estimate of drug-likeness (QED) is 0.797. The van der Waals surface area contributed by atoms with Crippen LogP contribution in [0.4, 0.5) is 0 Å². The van der Waals surface area contributed by atoms with Crippen LogP contribution in [0.25, 0.3) is 11.1 Å². The molecule has 0 saturated carbocycles. The second-order valence-corrected chi connectivity index (χ2v) is 3.83. The largest absolute Gasteiger partial charge is 0.496 e. The van der Waals surface area contributed by atoms with Crippen molar-refractivity contribution in [2.45, 2.75) is 6.61 Å².